The number of fused-ring (bicyclic) bond motifs is 6. The van der Waals surface area contributed by atoms with Crippen LogP contribution in [-0.2, 0) is 5.41 Å². The molecule has 1 heterocycles. The van der Waals surface area contributed by atoms with Crippen LogP contribution in [0.25, 0.3) is 86.9 Å². The van der Waals surface area contributed by atoms with Gasteiger partial charge in [0.15, 0.2) is 0 Å². The molecule has 2 heteroatoms. The minimum atomic E-state index is -0.107. The van der Waals surface area contributed by atoms with Crippen molar-refractivity contribution in [2.24, 2.45) is 0 Å². The van der Waals surface area contributed by atoms with E-state index in [2.05, 4.69) is 255 Å². The third kappa shape index (κ3) is 6.60. The molecule has 0 unspecified atom stereocenters. The monoisotopic (exact) mass is 847 g/mol. The molecule has 0 N–H and O–H groups in total. The molecule has 0 saturated heterocycles. The largest absolute Gasteiger partial charge is 0.309 e. The summed E-state index contributed by atoms with van der Waals surface area (Å²) in [5, 5.41) is 2.59. The summed E-state index contributed by atoms with van der Waals surface area (Å²) < 4.78 is 2.60. The van der Waals surface area contributed by atoms with Crippen LogP contribution in [0.5, 0.6) is 0 Å². The van der Waals surface area contributed by atoms with Crippen molar-refractivity contribution >= 4 is 48.6 Å². The highest BCUT2D eigenvalue weighted by molar-refractivity contribution is 7.26. The van der Waals surface area contributed by atoms with Gasteiger partial charge >= 0.3 is 0 Å². The van der Waals surface area contributed by atoms with Crippen LogP contribution in [0.3, 0.4) is 0 Å². The van der Waals surface area contributed by atoms with E-state index in [1.807, 2.05) is 11.3 Å². The molecule has 10 aromatic carbocycles. The van der Waals surface area contributed by atoms with E-state index in [4.69, 9.17) is 0 Å². The summed E-state index contributed by atoms with van der Waals surface area (Å²) in [6.07, 6.45) is 0. The first-order valence-corrected chi connectivity index (χ1v) is 23.3. The third-order valence-corrected chi connectivity index (χ3v) is 14.7. The first-order chi connectivity index (χ1) is 32.0. The Bertz CT molecular complexity index is 3550. The van der Waals surface area contributed by atoms with Crippen LogP contribution in [0.4, 0.5) is 17.1 Å². The van der Waals surface area contributed by atoms with Crippen LogP contribution >= 0.6 is 11.3 Å². The average Bonchev–Trinajstić information content (AvgIpc) is 3.86. The highest BCUT2D eigenvalue weighted by Crippen LogP contribution is 2.54. The minimum Gasteiger partial charge on any atom is -0.309 e. The van der Waals surface area contributed by atoms with Crippen molar-refractivity contribution in [1.82, 2.24) is 0 Å². The minimum absolute atomic E-state index is 0.107. The fourth-order valence-corrected chi connectivity index (χ4v) is 11.5. The van der Waals surface area contributed by atoms with E-state index >= 15 is 0 Å². The Kier molecular flexibility index (Phi) is 9.44. The Morgan fingerprint density at radius 1 is 0.338 bits per heavy atom. The average molecular weight is 848 g/mol. The molecule has 65 heavy (non-hydrogen) atoms. The standard InChI is InChI=1S/C63H45NS/c1-63(2)56-29-14-12-24-50(56)55-40-47(35-39-57(55)63)61-52(54-28-16-27-53-51-25-13-15-31-60(51)65-62(53)54)26-17-30-58(61)64(48-36-32-44(33-37-48)42-18-6-3-7-19-42)59-41-46(43-20-8-4-9-21-43)34-38-49(59)45-22-10-5-11-23-45/h3-41H,1-2H3. The van der Waals surface area contributed by atoms with Crippen molar-refractivity contribution in [3.8, 4) is 66.8 Å². The van der Waals surface area contributed by atoms with Gasteiger partial charge in [0.05, 0.1) is 11.4 Å². The van der Waals surface area contributed by atoms with Crippen LogP contribution in [-0.4, -0.2) is 0 Å². The molecule has 1 aromatic heterocycles. The highest BCUT2D eigenvalue weighted by atomic mass is 32.1. The molecule has 0 atom stereocenters. The van der Waals surface area contributed by atoms with Gasteiger partial charge in [-0.1, -0.05) is 214 Å². The number of hydrogen-bond acceptors (Lipinski definition) is 2. The maximum atomic E-state index is 2.53. The Hall–Kier alpha value is -7.78. The van der Waals surface area contributed by atoms with E-state index in [0.717, 1.165) is 33.8 Å². The Labute approximate surface area is 385 Å². The molecule has 0 aliphatic heterocycles. The molecule has 308 valence electrons. The van der Waals surface area contributed by atoms with Gasteiger partial charge < -0.3 is 4.90 Å². The van der Waals surface area contributed by atoms with Crippen LogP contribution in [0.1, 0.15) is 25.0 Å². The van der Waals surface area contributed by atoms with Gasteiger partial charge in [-0.2, -0.15) is 0 Å². The molecular weight excluding hydrogens is 803 g/mol. The normalized spacial score (nSPS) is 12.6. The molecule has 1 nitrogen and oxygen atoms in total. The van der Waals surface area contributed by atoms with Gasteiger partial charge in [0.25, 0.3) is 0 Å². The molecular formula is C63H45NS. The summed E-state index contributed by atoms with van der Waals surface area (Å²) in [5.74, 6) is 0. The number of hydrogen-bond donors (Lipinski definition) is 0. The van der Waals surface area contributed by atoms with Crippen LogP contribution < -0.4 is 4.90 Å². The zero-order valence-corrected chi connectivity index (χ0v) is 37.2. The molecule has 0 radical (unpaired) electrons. The van der Waals surface area contributed by atoms with Crippen molar-refractivity contribution in [3.05, 3.63) is 248 Å². The SMILES string of the molecule is CC1(C)c2ccccc2-c2cc(-c3c(-c4cccc5c4sc4ccccc45)cccc3N(c3ccc(-c4ccccc4)cc3)c3cc(-c4ccccc4)ccc3-c3ccccc3)ccc21. The zero-order valence-electron chi connectivity index (χ0n) is 36.4. The molecule has 0 bridgehead atoms. The number of anilines is 3. The van der Waals surface area contributed by atoms with Gasteiger partial charge in [-0.15, -0.1) is 11.3 Å². The van der Waals surface area contributed by atoms with E-state index in [0.29, 0.717) is 0 Å². The Morgan fingerprint density at radius 2 is 0.892 bits per heavy atom. The maximum Gasteiger partial charge on any atom is 0.0546 e. The number of rotatable bonds is 8. The van der Waals surface area contributed by atoms with Crippen molar-refractivity contribution in [2.75, 3.05) is 4.90 Å². The second-order valence-electron chi connectivity index (χ2n) is 17.6. The highest BCUT2D eigenvalue weighted by Gasteiger charge is 2.36. The van der Waals surface area contributed by atoms with Gasteiger partial charge in [-0.3, -0.25) is 0 Å². The molecule has 0 spiro atoms. The zero-order chi connectivity index (χ0) is 43.5. The summed E-state index contributed by atoms with van der Waals surface area (Å²) >= 11 is 1.89. The Morgan fingerprint density at radius 3 is 1.66 bits per heavy atom. The van der Waals surface area contributed by atoms with Gasteiger partial charge in [0.2, 0.25) is 0 Å². The van der Waals surface area contributed by atoms with Crippen molar-refractivity contribution in [2.45, 2.75) is 19.3 Å². The molecule has 11 aromatic rings. The molecule has 0 fully saturated rings. The molecule has 1 aliphatic carbocycles. The number of benzene rings is 10. The lowest BCUT2D eigenvalue weighted by Crippen LogP contribution is -2.15. The van der Waals surface area contributed by atoms with E-state index in [1.54, 1.807) is 0 Å². The topological polar surface area (TPSA) is 3.24 Å². The summed E-state index contributed by atoms with van der Waals surface area (Å²) in [6, 6.07) is 87.3. The first-order valence-electron chi connectivity index (χ1n) is 22.5. The fraction of sp³-hybridized carbons (Fsp3) is 0.0476. The van der Waals surface area contributed by atoms with Gasteiger partial charge in [0, 0.05) is 48.0 Å². The fourth-order valence-electron chi connectivity index (χ4n) is 10.3. The third-order valence-electron chi connectivity index (χ3n) is 13.5. The van der Waals surface area contributed by atoms with E-state index in [9.17, 15) is 0 Å². The van der Waals surface area contributed by atoms with Crippen LogP contribution in [0, 0.1) is 0 Å². The van der Waals surface area contributed by atoms with Gasteiger partial charge in [-0.25, -0.2) is 0 Å². The lowest BCUT2D eigenvalue weighted by atomic mass is 9.82. The second-order valence-corrected chi connectivity index (χ2v) is 18.7. The van der Waals surface area contributed by atoms with Crippen LogP contribution in [0.2, 0.25) is 0 Å². The van der Waals surface area contributed by atoms with Gasteiger partial charge in [0.1, 0.15) is 0 Å². The van der Waals surface area contributed by atoms with Crippen molar-refractivity contribution < 1.29 is 0 Å². The maximum absolute atomic E-state index is 2.53. The van der Waals surface area contributed by atoms with Crippen LogP contribution in [0.15, 0.2) is 237 Å². The lowest BCUT2D eigenvalue weighted by molar-refractivity contribution is 0.660. The summed E-state index contributed by atoms with van der Waals surface area (Å²) in [4.78, 5) is 2.53. The molecule has 1 aliphatic rings. The second kappa shape index (κ2) is 15.8. The van der Waals surface area contributed by atoms with Gasteiger partial charge in [-0.05, 0) is 97.6 Å². The summed E-state index contributed by atoms with van der Waals surface area (Å²) in [6.45, 7) is 4.73. The molecule has 12 rings (SSSR count). The van der Waals surface area contributed by atoms with E-state index in [-0.39, 0.29) is 5.41 Å². The number of nitrogens with zero attached hydrogens (tertiary/aromatic N) is 1. The predicted octanol–water partition coefficient (Wildman–Crippen LogP) is 18.2. The quantitative estimate of drug-likeness (QED) is 0.147. The lowest BCUT2D eigenvalue weighted by Gasteiger charge is -2.32. The van der Waals surface area contributed by atoms with E-state index in [1.165, 1.54) is 81.4 Å². The molecule has 0 saturated carbocycles. The van der Waals surface area contributed by atoms with Crippen molar-refractivity contribution in [1.29, 1.82) is 0 Å². The first kappa shape index (κ1) is 38.9. The van der Waals surface area contributed by atoms with E-state index < -0.39 is 0 Å². The predicted molar refractivity (Wildman–Crippen MR) is 279 cm³/mol. The summed E-state index contributed by atoms with van der Waals surface area (Å²) in [5.41, 5.74) is 20.4. The Balaban J connectivity index is 1.18. The van der Waals surface area contributed by atoms with Crippen molar-refractivity contribution in [3.63, 3.8) is 0 Å². The molecule has 0 amide bonds. The summed E-state index contributed by atoms with van der Waals surface area (Å²) in [7, 11) is 0. The number of thiophene rings is 1. The smallest absolute Gasteiger partial charge is 0.0546 e.